The third-order valence-corrected chi connectivity index (χ3v) is 6.54. The van der Waals surface area contributed by atoms with Gasteiger partial charge in [-0.25, -0.2) is 0 Å². The highest BCUT2D eigenvalue weighted by molar-refractivity contribution is 5.34. The normalized spacial score (nSPS) is 18.2. The van der Waals surface area contributed by atoms with Crippen LogP contribution in [-0.4, -0.2) is 36.8 Å². The van der Waals surface area contributed by atoms with Crippen molar-refractivity contribution in [3.8, 4) is 5.75 Å². The Morgan fingerprint density at radius 2 is 1.28 bits per heavy atom. The number of aliphatic hydroxyl groups is 1. The lowest BCUT2D eigenvalue weighted by molar-refractivity contribution is 0.101. The van der Waals surface area contributed by atoms with Gasteiger partial charge in [-0.3, -0.25) is 0 Å². The third kappa shape index (κ3) is 5.61. The SMILES string of the molecule is CC[C@H](c1ccc([C@@H](O)CN2CCCCC2)cc1)[C@@H](CC)c1ccc(OC)cc1. The summed E-state index contributed by atoms with van der Waals surface area (Å²) >= 11 is 0. The Labute approximate surface area is 176 Å². The minimum atomic E-state index is -0.397. The second-order valence-corrected chi connectivity index (χ2v) is 8.35. The predicted octanol–water partition coefficient (Wildman–Crippen LogP) is 5.90. The number of aliphatic hydroxyl groups excluding tert-OH is 1. The van der Waals surface area contributed by atoms with Crippen molar-refractivity contribution in [3.63, 3.8) is 0 Å². The summed E-state index contributed by atoms with van der Waals surface area (Å²) < 4.78 is 5.32. The van der Waals surface area contributed by atoms with Crippen LogP contribution in [0, 0.1) is 0 Å². The van der Waals surface area contributed by atoms with Crippen LogP contribution in [0.15, 0.2) is 48.5 Å². The van der Waals surface area contributed by atoms with Gasteiger partial charge in [-0.2, -0.15) is 0 Å². The van der Waals surface area contributed by atoms with E-state index in [1.807, 2.05) is 0 Å². The van der Waals surface area contributed by atoms with E-state index in [0.29, 0.717) is 11.8 Å². The minimum Gasteiger partial charge on any atom is -0.497 e. The fourth-order valence-electron chi connectivity index (χ4n) is 4.81. The zero-order valence-electron chi connectivity index (χ0n) is 18.3. The molecule has 0 spiro atoms. The van der Waals surface area contributed by atoms with Crippen molar-refractivity contribution in [1.82, 2.24) is 4.90 Å². The number of likely N-dealkylation sites (tertiary alicyclic amines) is 1. The van der Waals surface area contributed by atoms with Gasteiger partial charge in [0.05, 0.1) is 13.2 Å². The monoisotopic (exact) mass is 395 g/mol. The van der Waals surface area contributed by atoms with Crippen LogP contribution in [0.2, 0.25) is 0 Å². The first kappa shape index (κ1) is 21.9. The van der Waals surface area contributed by atoms with E-state index in [4.69, 9.17) is 4.74 Å². The van der Waals surface area contributed by atoms with Crippen molar-refractivity contribution < 1.29 is 9.84 Å². The molecule has 1 aliphatic heterocycles. The van der Waals surface area contributed by atoms with Crippen LogP contribution < -0.4 is 4.74 Å². The van der Waals surface area contributed by atoms with Crippen LogP contribution in [0.5, 0.6) is 5.75 Å². The van der Waals surface area contributed by atoms with Gasteiger partial charge >= 0.3 is 0 Å². The molecule has 0 unspecified atom stereocenters. The van der Waals surface area contributed by atoms with Crippen molar-refractivity contribution in [3.05, 3.63) is 65.2 Å². The van der Waals surface area contributed by atoms with Crippen LogP contribution in [0.25, 0.3) is 0 Å². The standard InChI is InChI=1S/C26H37NO2/c1-4-24(25(5-2)21-13-15-23(29-3)16-14-21)20-9-11-22(12-10-20)26(28)19-27-17-7-6-8-18-27/h9-16,24-26,28H,4-8,17-19H2,1-3H3/t24-,25+,26+/m1/s1. The molecule has 0 aliphatic carbocycles. The van der Waals surface area contributed by atoms with E-state index in [1.54, 1.807) is 7.11 Å². The Bertz CT molecular complexity index is 719. The molecule has 29 heavy (non-hydrogen) atoms. The van der Waals surface area contributed by atoms with Crippen LogP contribution in [-0.2, 0) is 0 Å². The molecule has 0 amide bonds. The molecule has 3 atom stereocenters. The Hall–Kier alpha value is -1.84. The lowest BCUT2D eigenvalue weighted by atomic mass is 9.78. The molecule has 0 aromatic heterocycles. The van der Waals surface area contributed by atoms with Gasteiger partial charge in [0.15, 0.2) is 0 Å². The van der Waals surface area contributed by atoms with Gasteiger partial charge in [0.1, 0.15) is 5.75 Å². The zero-order valence-corrected chi connectivity index (χ0v) is 18.3. The van der Waals surface area contributed by atoms with E-state index in [-0.39, 0.29) is 0 Å². The molecule has 1 N–H and O–H groups in total. The summed E-state index contributed by atoms with van der Waals surface area (Å²) in [6.45, 7) is 7.53. The number of ether oxygens (including phenoxy) is 1. The molecule has 3 rings (SSSR count). The van der Waals surface area contributed by atoms with Crippen LogP contribution >= 0.6 is 0 Å². The molecule has 2 aromatic rings. The van der Waals surface area contributed by atoms with Crippen LogP contribution in [0.1, 0.15) is 80.6 Å². The van der Waals surface area contributed by atoms with Gasteiger partial charge in [0.2, 0.25) is 0 Å². The summed E-state index contributed by atoms with van der Waals surface area (Å²) in [7, 11) is 1.71. The Balaban J connectivity index is 1.71. The number of benzene rings is 2. The summed E-state index contributed by atoms with van der Waals surface area (Å²) in [5.74, 6) is 1.86. The van der Waals surface area contributed by atoms with E-state index in [1.165, 1.54) is 30.4 Å². The summed E-state index contributed by atoms with van der Waals surface area (Å²) in [5, 5.41) is 10.7. The Morgan fingerprint density at radius 3 is 1.76 bits per heavy atom. The highest BCUT2D eigenvalue weighted by atomic mass is 16.5. The van der Waals surface area contributed by atoms with E-state index in [0.717, 1.165) is 43.8 Å². The molecule has 2 aromatic carbocycles. The molecule has 1 fully saturated rings. The lowest BCUT2D eigenvalue weighted by Crippen LogP contribution is -2.33. The van der Waals surface area contributed by atoms with Crippen LogP contribution in [0.3, 0.4) is 0 Å². The first-order valence-corrected chi connectivity index (χ1v) is 11.3. The van der Waals surface area contributed by atoms with Gasteiger partial charge in [-0.1, -0.05) is 56.7 Å². The van der Waals surface area contributed by atoms with E-state index >= 15 is 0 Å². The maximum Gasteiger partial charge on any atom is 0.118 e. The number of piperidine rings is 1. The smallest absolute Gasteiger partial charge is 0.118 e. The van der Waals surface area contributed by atoms with Crippen LogP contribution in [0.4, 0.5) is 0 Å². The first-order chi connectivity index (χ1) is 14.2. The van der Waals surface area contributed by atoms with Gasteiger partial charge in [0.25, 0.3) is 0 Å². The van der Waals surface area contributed by atoms with Gasteiger partial charge < -0.3 is 14.7 Å². The summed E-state index contributed by atoms with van der Waals surface area (Å²) in [6, 6.07) is 17.2. The van der Waals surface area contributed by atoms with Crippen molar-refractivity contribution >= 4 is 0 Å². The molecule has 0 saturated carbocycles. The van der Waals surface area contributed by atoms with Gasteiger partial charge in [-0.15, -0.1) is 0 Å². The molecule has 3 heteroatoms. The van der Waals surface area contributed by atoms with Gasteiger partial charge in [-0.05, 0) is 79.4 Å². The van der Waals surface area contributed by atoms with Gasteiger partial charge in [0, 0.05) is 6.54 Å². The fourth-order valence-corrected chi connectivity index (χ4v) is 4.81. The number of methoxy groups -OCH3 is 1. The van der Waals surface area contributed by atoms with Crippen molar-refractivity contribution in [2.24, 2.45) is 0 Å². The molecule has 1 saturated heterocycles. The average molecular weight is 396 g/mol. The predicted molar refractivity (Wildman–Crippen MR) is 121 cm³/mol. The second-order valence-electron chi connectivity index (χ2n) is 8.35. The summed E-state index contributed by atoms with van der Waals surface area (Å²) in [6.07, 6.45) is 5.64. The number of hydrogen-bond acceptors (Lipinski definition) is 3. The van der Waals surface area contributed by atoms with E-state index in [9.17, 15) is 5.11 Å². The van der Waals surface area contributed by atoms with Crippen molar-refractivity contribution in [1.29, 1.82) is 0 Å². The number of β-amino-alcohol motifs (C(OH)–C–C–N with tert-alkyl or cyclic N) is 1. The quantitative estimate of drug-likeness (QED) is 0.573. The maximum atomic E-state index is 10.7. The Kier molecular flexibility index (Phi) is 8.14. The van der Waals surface area contributed by atoms with Crippen molar-refractivity contribution in [2.45, 2.75) is 63.9 Å². The topological polar surface area (TPSA) is 32.7 Å². The fraction of sp³-hybridized carbons (Fsp3) is 0.538. The molecule has 158 valence electrons. The van der Waals surface area contributed by atoms with E-state index < -0.39 is 6.10 Å². The maximum absolute atomic E-state index is 10.7. The second kappa shape index (κ2) is 10.8. The molecule has 1 aliphatic rings. The largest absolute Gasteiger partial charge is 0.497 e. The summed E-state index contributed by atoms with van der Waals surface area (Å²) in [5.41, 5.74) is 3.77. The Morgan fingerprint density at radius 1 is 0.793 bits per heavy atom. The highest BCUT2D eigenvalue weighted by Gasteiger charge is 2.23. The highest BCUT2D eigenvalue weighted by Crippen LogP contribution is 2.38. The number of rotatable bonds is 9. The molecule has 1 heterocycles. The zero-order chi connectivity index (χ0) is 20.6. The molecular formula is C26H37NO2. The average Bonchev–Trinajstić information content (AvgIpc) is 2.78. The summed E-state index contributed by atoms with van der Waals surface area (Å²) in [4.78, 5) is 2.40. The lowest BCUT2D eigenvalue weighted by Gasteiger charge is -2.29. The van der Waals surface area contributed by atoms with Crippen molar-refractivity contribution in [2.75, 3.05) is 26.7 Å². The molecule has 0 bridgehead atoms. The molecular weight excluding hydrogens is 358 g/mol. The minimum absolute atomic E-state index is 0.397. The van der Waals surface area contributed by atoms with E-state index in [2.05, 4.69) is 67.3 Å². The molecule has 0 radical (unpaired) electrons. The molecule has 3 nitrogen and oxygen atoms in total. The number of hydrogen-bond donors (Lipinski definition) is 1. The number of nitrogens with zero attached hydrogens (tertiary/aromatic N) is 1. The third-order valence-electron chi connectivity index (χ3n) is 6.54. The first-order valence-electron chi connectivity index (χ1n) is 11.3.